The first-order valence-corrected chi connectivity index (χ1v) is 11.2. The summed E-state index contributed by atoms with van der Waals surface area (Å²) in [6, 6.07) is 11.8. The van der Waals surface area contributed by atoms with Gasteiger partial charge in [-0.3, -0.25) is 14.3 Å². The highest BCUT2D eigenvalue weighted by Crippen LogP contribution is 2.25. The number of nitrogens with zero attached hydrogens (tertiary/aromatic N) is 3. The van der Waals surface area contributed by atoms with E-state index in [-0.39, 0.29) is 11.0 Å². The van der Waals surface area contributed by atoms with Crippen molar-refractivity contribution < 1.29 is 4.74 Å². The maximum absolute atomic E-state index is 13.0. The van der Waals surface area contributed by atoms with Gasteiger partial charge in [-0.2, -0.15) is 0 Å². The molecule has 2 aromatic heterocycles. The molecule has 0 unspecified atom stereocenters. The third-order valence-electron chi connectivity index (χ3n) is 4.50. The van der Waals surface area contributed by atoms with Gasteiger partial charge in [0.15, 0.2) is 5.03 Å². The molecule has 0 saturated heterocycles. The fourth-order valence-corrected chi connectivity index (χ4v) is 3.78. The Bertz CT molecular complexity index is 1030. The molecule has 3 aromatic rings. The zero-order valence-corrected chi connectivity index (χ0v) is 18.9. The summed E-state index contributed by atoms with van der Waals surface area (Å²) >= 11 is 1.47. The van der Waals surface area contributed by atoms with E-state index in [0.717, 1.165) is 41.3 Å². The Labute approximate surface area is 182 Å². The van der Waals surface area contributed by atoms with Crippen LogP contribution in [0.2, 0.25) is 0 Å². The number of aromatic nitrogens is 3. The third kappa shape index (κ3) is 5.95. The SMILES string of the molecule is CCc1cc(-n2ccnc(SCCc3ccccn3)c2=O)ccc1OCC(C)(C)C. The Morgan fingerprint density at radius 1 is 1.10 bits per heavy atom. The summed E-state index contributed by atoms with van der Waals surface area (Å²) in [5.74, 6) is 1.63. The number of rotatable bonds is 8. The number of thioether (sulfide) groups is 1. The van der Waals surface area contributed by atoms with E-state index in [1.54, 1.807) is 23.2 Å². The summed E-state index contributed by atoms with van der Waals surface area (Å²) in [4.78, 5) is 21.6. The number of hydrogen-bond acceptors (Lipinski definition) is 5. The summed E-state index contributed by atoms with van der Waals surface area (Å²) in [6.45, 7) is 9.19. The molecule has 0 aliphatic carbocycles. The minimum Gasteiger partial charge on any atom is -0.493 e. The highest BCUT2D eigenvalue weighted by molar-refractivity contribution is 7.99. The molecule has 0 saturated carbocycles. The summed E-state index contributed by atoms with van der Waals surface area (Å²) in [7, 11) is 0. The molecule has 0 aliphatic rings. The molecule has 3 rings (SSSR count). The summed E-state index contributed by atoms with van der Waals surface area (Å²) in [6.07, 6.45) is 6.81. The molecule has 0 atom stereocenters. The van der Waals surface area contributed by atoms with Gasteiger partial charge in [-0.05, 0) is 54.2 Å². The molecule has 0 fully saturated rings. The molecule has 1 aromatic carbocycles. The molecular formula is C24H29N3O2S. The van der Waals surface area contributed by atoms with Crippen LogP contribution in [-0.4, -0.2) is 26.9 Å². The van der Waals surface area contributed by atoms with E-state index in [0.29, 0.717) is 11.6 Å². The van der Waals surface area contributed by atoms with Gasteiger partial charge in [-0.15, -0.1) is 11.8 Å². The van der Waals surface area contributed by atoms with Gasteiger partial charge in [0.05, 0.1) is 6.61 Å². The molecule has 0 radical (unpaired) electrons. The third-order valence-corrected chi connectivity index (χ3v) is 5.46. The van der Waals surface area contributed by atoms with E-state index < -0.39 is 0 Å². The van der Waals surface area contributed by atoms with Crippen LogP contribution in [-0.2, 0) is 12.8 Å². The monoisotopic (exact) mass is 423 g/mol. The van der Waals surface area contributed by atoms with Crippen molar-refractivity contribution in [3.8, 4) is 11.4 Å². The van der Waals surface area contributed by atoms with E-state index in [4.69, 9.17) is 4.74 Å². The Morgan fingerprint density at radius 3 is 2.63 bits per heavy atom. The molecule has 2 heterocycles. The van der Waals surface area contributed by atoms with Gasteiger partial charge < -0.3 is 4.74 Å². The van der Waals surface area contributed by atoms with Crippen LogP contribution in [0.15, 0.2) is 64.8 Å². The Morgan fingerprint density at radius 2 is 1.93 bits per heavy atom. The average Bonchev–Trinajstić information content (AvgIpc) is 2.73. The highest BCUT2D eigenvalue weighted by atomic mass is 32.2. The number of hydrogen-bond donors (Lipinski definition) is 0. The second kappa shape index (κ2) is 9.94. The quantitative estimate of drug-likeness (QED) is 0.480. The number of ether oxygens (including phenoxy) is 1. The van der Waals surface area contributed by atoms with Crippen LogP contribution < -0.4 is 10.3 Å². The van der Waals surface area contributed by atoms with Crippen molar-refractivity contribution in [2.45, 2.75) is 45.6 Å². The van der Waals surface area contributed by atoms with Crippen molar-refractivity contribution in [3.63, 3.8) is 0 Å². The van der Waals surface area contributed by atoms with Crippen molar-refractivity contribution in [2.24, 2.45) is 5.41 Å². The zero-order valence-electron chi connectivity index (χ0n) is 18.1. The summed E-state index contributed by atoms with van der Waals surface area (Å²) < 4.78 is 7.68. The van der Waals surface area contributed by atoms with E-state index in [1.807, 2.05) is 36.4 Å². The number of aryl methyl sites for hydroxylation is 2. The van der Waals surface area contributed by atoms with Crippen LogP contribution in [0.3, 0.4) is 0 Å². The lowest BCUT2D eigenvalue weighted by Crippen LogP contribution is -2.21. The van der Waals surface area contributed by atoms with Crippen LogP contribution in [0.4, 0.5) is 0 Å². The van der Waals surface area contributed by atoms with E-state index in [9.17, 15) is 4.79 Å². The van der Waals surface area contributed by atoms with E-state index in [1.165, 1.54) is 11.8 Å². The Kier molecular flexibility index (Phi) is 7.32. The standard InChI is InChI=1S/C24H29N3O2S/c1-5-18-16-20(9-10-21(18)29-17-24(2,3)4)27-14-13-26-22(23(27)28)30-15-11-19-8-6-7-12-25-19/h6-10,12-14,16H,5,11,15,17H2,1-4H3. The van der Waals surface area contributed by atoms with Gasteiger partial charge in [-0.1, -0.05) is 33.8 Å². The lowest BCUT2D eigenvalue weighted by molar-refractivity contribution is 0.196. The molecule has 0 N–H and O–H groups in total. The predicted octanol–water partition coefficient (Wildman–Crippen LogP) is 4.95. The van der Waals surface area contributed by atoms with Crippen molar-refractivity contribution in [2.75, 3.05) is 12.4 Å². The Balaban J connectivity index is 1.77. The summed E-state index contributed by atoms with van der Waals surface area (Å²) in [5.41, 5.74) is 2.92. The maximum Gasteiger partial charge on any atom is 0.287 e. The molecule has 158 valence electrons. The van der Waals surface area contributed by atoms with E-state index >= 15 is 0 Å². The smallest absolute Gasteiger partial charge is 0.287 e. The van der Waals surface area contributed by atoms with Crippen LogP contribution in [0.25, 0.3) is 5.69 Å². The van der Waals surface area contributed by atoms with Crippen molar-refractivity contribution in [1.29, 1.82) is 0 Å². The molecule has 30 heavy (non-hydrogen) atoms. The summed E-state index contributed by atoms with van der Waals surface area (Å²) in [5, 5.41) is 0.500. The van der Waals surface area contributed by atoms with Crippen molar-refractivity contribution in [3.05, 3.63) is 76.6 Å². The lowest BCUT2D eigenvalue weighted by Gasteiger charge is -2.20. The van der Waals surface area contributed by atoms with Gasteiger partial charge in [0, 0.05) is 35.7 Å². The number of benzene rings is 1. The minimum absolute atomic E-state index is 0.0904. The van der Waals surface area contributed by atoms with Crippen LogP contribution in [0, 0.1) is 5.41 Å². The van der Waals surface area contributed by atoms with Gasteiger partial charge >= 0.3 is 0 Å². The van der Waals surface area contributed by atoms with Crippen LogP contribution in [0.5, 0.6) is 5.75 Å². The maximum atomic E-state index is 13.0. The molecule has 0 spiro atoms. The van der Waals surface area contributed by atoms with Crippen LogP contribution >= 0.6 is 11.8 Å². The Hall–Kier alpha value is -2.60. The van der Waals surface area contributed by atoms with Gasteiger partial charge in [0.2, 0.25) is 0 Å². The fraction of sp³-hybridized carbons (Fsp3) is 0.375. The van der Waals surface area contributed by atoms with E-state index in [2.05, 4.69) is 37.7 Å². The largest absolute Gasteiger partial charge is 0.493 e. The first kappa shape index (κ1) is 22.1. The van der Waals surface area contributed by atoms with Crippen LogP contribution in [0.1, 0.15) is 39.0 Å². The molecule has 0 bridgehead atoms. The second-order valence-electron chi connectivity index (χ2n) is 8.32. The molecular weight excluding hydrogens is 394 g/mol. The first-order valence-electron chi connectivity index (χ1n) is 10.2. The minimum atomic E-state index is -0.103. The molecule has 0 amide bonds. The number of pyridine rings is 1. The molecule has 0 aliphatic heterocycles. The normalized spacial score (nSPS) is 11.5. The fourth-order valence-electron chi connectivity index (χ4n) is 2.92. The molecule has 5 nitrogen and oxygen atoms in total. The average molecular weight is 424 g/mol. The zero-order chi connectivity index (χ0) is 21.6. The van der Waals surface area contributed by atoms with Gasteiger partial charge in [0.25, 0.3) is 5.56 Å². The van der Waals surface area contributed by atoms with Crippen molar-refractivity contribution in [1.82, 2.24) is 14.5 Å². The highest BCUT2D eigenvalue weighted by Gasteiger charge is 2.14. The van der Waals surface area contributed by atoms with Gasteiger partial charge in [0.1, 0.15) is 5.75 Å². The van der Waals surface area contributed by atoms with Crippen molar-refractivity contribution >= 4 is 11.8 Å². The second-order valence-corrected chi connectivity index (χ2v) is 9.41. The predicted molar refractivity (Wildman–Crippen MR) is 123 cm³/mol. The lowest BCUT2D eigenvalue weighted by atomic mass is 9.98. The first-order chi connectivity index (χ1) is 14.4. The van der Waals surface area contributed by atoms with Gasteiger partial charge in [-0.25, -0.2) is 4.98 Å². The topological polar surface area (TPSA) is 57.0 Å². The molecule has 6 heteroatoms.